The summed E-state index contributed by atoms with van der Waals surface area (Å²) in [4.78, 5) is 28.0. The third-order valence-corrected chi connectivity index (χ3v) is 6.64. The number of esters is 1. The number of aromatic nitrogens is 1. The standard InChI is InChI=1S/C26H22Cl2N2O5/c1-34-26(31)16-4-2-6-20(10-16)35-15-18-11-25(30(32)33)23(21-8-7-19(27)12-24(21)28)13-22(18)17-5-3-9-29-14-17/h2-10,12,14,23,25H,11,13,15H2,1H3/t23-,25+/m1/s1. The van der Waals surface area contributed by atoms with Gasteiger partial charge in [0.1, 0.15) is 12.4 Å². The second-order valence-electron chi connectivity index (χ2n) is 8.17. The predicted octanol–water partition coefficient (Wildman–Crippen LogP) is 6.23. The first-order chi connectivity index (χ1) is 16.9. The summed E-state index contributed by atoms with van der Waals surface area (Å²) in [6.07, 6.45) is 3.98. The Kier molecular flexibility index (Phi) is 7.68. The summed E-state index contributed by atoms with van der Waals surface area (Å²) >= 11 is 12.5. The Morgan fingerprint density at radius 1 is 1.14 bits per heavy atom. The van der Waals surface area contributed by atoms with Crippen LogP contribution in [0.5, 0.6) is 5.75 Å². The fraction of sp³-hybridized carbons (Fsp3) is 0.231. The first-order valence-corrected chi connectivity index (χ1v) is 11.6. The number of nitrogens with zero attached hydrogens (tertiary/aromatic N) is 2. The number of ether oxygens (including phenoxy) is 2. The summed E-state index contributed by atoms with van der Waals surface area (Å²) in [7, 11) is 1.31. The van der Waals surface area contributed by atoms with Crippen molar-refractivity contribution in [3.05, 3.63) is 109 Å². The average Bonchev–Trinajstić information content (AvgIpc) is 2.87. The second kappa shape index (κ2) is 10.9. The molecule has 1 heterocycles. The molecule has 0 bridgehead atoms. The van der Waals surface area contributed by atoms with Crippen LogP contribution in [0.2, 0.25) is 10.0 Å². The number of hydrogen-bond donors (Lipinski definition) is 0. The molecular weight excluding hydrogens is 491 g/mol. The SMILES string of the molecule is COC(=O)c1cccc(OCC2=C(c3cccnc3)C[C@H](c3ccc(Cl)cc3Cl)[C@@H]([N+](=O)[O-])C2)c1. The number of pyridine rings is 1. The maximum Gasteiger partial charge on any atom is 0.337 e. The van der Waals surface area contributed by atoms with Crippen LogP contribution in [0.3, 0.4) is 0 Å². The van der Waals surface area contributed by atoms with Crippen molar-refractivity contribution < 1.29 is 19.2 Å². The molecule has 0 spiro atoms. The number of carbonyl (C=O) groups is 1. The summed E-state index contributed by atoms with van der Waals surface area (Å²) in [5.41, 5.74) is 3.63. The van der Waals surface area contributed by atoms with E-state index in [1.54, 1.807) is 54.9 Å². The van der Waals surface area contributed by atoms with Gasteiger partial charge in [0.25, 0.3) is 0 Å². The highest BCUT2D eigenvalue weighted by Crippen LogP contribution is 2.44. The largest absolute Gasteiger partial charge is 0.489 e. The van der Waals surface area contributed by atoms with E-state index in [2.05, 4.69) is 4.98 Å². The predicted molar refractivity (Wildman–Crippen MR) is 134 cm³/mol. The molecule has 0 aliphatic heterocycles. The Bertz CT molecular complexity index is 1280. The van der Waals surface area contributed by atoms with Crippen molar-refractivity contribution in [3.63, 3.8) is 0 Å². The number of halogens is 2. The summed E-state index contributed by atoms with van der Waals surface area (Å²) in [6, 6.07) is 14.5. The smallest absolute Gasteiger partial charge is 0.337 e. The zero-order chi connectivity index (χ0) is 24.9. The molecule has 0 amide bonds. The zero-order valence-corrected chi connectivity index (χ0v) is 20.3. The molecule has 1 aliphatic carbocycles. The summed E-state index contributed by atoms with van der Waals surface area (Å²) in [6.45, 7) is 0.125. The highest BCUT2D eigenvalue weighted by molar-refractivity contribution is 6.35. The minimum atomic E-state index is -0.894. The van der Waals surface area contributed by atoms with Gasteiger partial charge in [0, 0.05) is 33.8 Å². The van der Waals surface area contributed by atoms with E-state index >= 15 is 0 Å². The fourth-order valence-corrected chi connectivity index (χ4v) is 4.92. The molecule has 0 saturated heterocycles. The van der Waals surface area contributed by atoms with E-state index in [-0.39, 0.29) is 18.0 Å². The van der Waals surface area contributed by atoms with Crippen LogP contribution < -0.4 is 4.74 Å². The van der Waals surface area contributed by atoms with Crippen molar-refractivity contribution in [3.8, 4) is 5.75 Å². The lowest BCUT2D eigenvalue weighted by Gasteiger charge is -2.31. The molecule has 0 radical (unpaired) electrons. The normalized spacial score (nSPS) is 17.7. The Balaban J connectivity index is 1.70. The van der Waals surface area contributed by atoms with Gasteiger partial charge < -0.3 is 9.47 Å². The molecule has 2 aromatic carbocycles. The van der Waals surface area contributed by atoms with Crippen LogP contribution in [0.4, 0.5) is 0 Å². The van der Waals surface area contributed by atoms with Gasteiger partial charge in [-0.05, 0) is 65.1 Å². The van der Waals surface area contributed by atoms with Gasteiger partial charge in [-0.15, -0.1) is 0 Å². The van der Waals surface area contributed by atoms with E-state index in [0.29, 0.717) is 33.3 Å². The van der Waals surface area contributed by atoms with Crippen LogP contribution in [0.1, 0.15) is 40.2 Å². The van der Waals surface area contributed by atoms with Gasteiger partial charge in [-0.25, -0.2) is 4.79 Å². The van der Waals surface area contributed by atoms with E-state index < -0.39 is 17.9 Å². The third kappa shape index (κ3) is 5.63. The summed E-state index contributed by atoms with van der Waals surface area (Å²) < 4.78 is 10.8. The Morgan fingerprint density at radius 3 is 2.66 bits per heavy atom. The van der Waals surface area contributed by atoms with Gasteiger partial charge in [-0.2, -0.15) is 0 Å². The monoisotopic (exact) mass is 512 g/mol. The molecule has 4 rings (SSSR count). The molecule has 0 saturated carbocycles. The van der Waals surface area contributed by atoms with Crippen molar-refractivity contribution in [2.45, 2.75) is 24.8 Å². The number of hydrogen-bond acceptors (Lipinski definition) is 6. The quantitative estimate of drug-likeness (QED) is 0.211. The molecular formula is C26H22Cl2N2O5. The fourth-order valence-electron chi connectivity index (χ4n) is 4.37. The molecule has 3 aromatic rings. The number of methoxy groups -OCH3 is 1. The molecule has 9 heteroatoms. The van der Waals surface area contributed by atoms with Gasteiger partial charge in [-0.1, -0.05) is 41.4 Å². The van der Waals surface area contributed by atoms with E-state index in [1.807, 2.05) is 12.1 Å². The Hall–Kier alpha value is -3.42. The minimum Gasteiger partial charge on any atom is -0.489 e. The molecule has 0 N–H and O–H groups in total. The molecule has 0 fully saturated rings. The number of benzene rings is 2. The van der Waals surface area contributed by atoms with Gasteiger partial charge in [0.05, 0.1) is 18.6 Å². The van der Waals surface area contributed by atoms with Crippen molar-refractivity contribution in [2.24, 2.45) is 0 Å². The van der Waals surface area contributed by atoms with E-state index in [9.17, 15) is 14.9 Å². The highest BCUT2D eigenvalue weighted by atomic mass is 35.5. The van der Waals surface area contributed by atoms with Crippen molar-refractivity contribution in [1.82, 2.24) is 4.98 Å². The molecule has 0 unspecified atom stereocenters. The third-order valence-electron chi connectivity index (χ3n) is 6.08. The van der Waals surface area contributed by atoms with Gasteiger partial charge in [0.2, 0.25) is 6.04 Å². The van der Waals surface area contributed by atoms with Crippen LogP contribution in [0.15, 0.2) is 72.6 Å². The lowest BCUT2D eigenvalue weighted by molar-refractivity contribution is -0.526. The van der Waals surface area contributed by atoms with Crippen molar-refractivity contribution >= 4 is 34.7 Å². The van der Waals surface area contributed by atoms with E-state index in [4.69, 9.17) is 32.7 Å². The van der Waals surface area contributed by atoms with Gasteiger partial charge >= 0.3 is 5.97 Å². The molecule has 2 atom stereocenters. The molecule has 35 heavy (non-hydrogen) atoms. The molecule has 1 aliphatic rings. The number of carbonyl (C=O) groups excluding carboxylic acids is 1. The Morgan fingerprint density at radius 2 is 1.97 bits per heavy atom. The number of allylic oxidation sites excluding steroid dienone is 1. The Labute approximate surface area is 212 Å². The first-order valence-electron chi connectivity index (χ1n) is 10.9. The maximum absolute atomic E-state index is 12.1. The lowest BCUT2D eigenvalue weighted by atomic mass is 9.75. The van der Waals surface area contributed by atoms with Crippen LogP contribution >= 0.6 is 23.2 Å². The van der Waals surface area contributed by atoms with Crippen LogP contribution in [0.25, 0.3) is 5.57 Å². The van der Waals surface area contributed by atoms with Crippen LogP contribution in [-0.2, 0) is 4.74 Å². The maximum atomic E-state index is 12.1. The van der Waals surface area contributed by atoms with Crippen LogP contribution in [-0.4, -0.2) is 35.6 Å². The highest BCUT2D eigenvalue weighted by Gasteiger charge is 2.40. The van der Waals surface area contributed by atoms with Crippen LogP contribution in [0, 0.1) is 10.1 Å². The summed E-state index contributed by atoms with van der Waals surface area (Å²) in [5.74, 6) is -0.456. The topological polar surface area (TPSA) is 91.6 Å². The van der Waals surface area contributed by atoms with Crippen molar-refractivity contribution in [1.29, 1.82) is 0 Å². The van der Waals surface area contributed by atoms with Crippen molar-refractivity contribution in [2.75, 3.05) is 13.7 Å². The first kappa shape index (κ1) is 24.7. The molecule has 7 nitrogen and oxygen atoms in total. The summed E-state index contributed by atoms with van der Waals surface area (Å²) in [5, 5.41) is 13.0. The van der Waals surface area contributed by atoms with Gasteiger partial charge in [-0.3, -0.25) is 15.1 Å². The minimum absolute atomic E-state index is 0.125. The molecule has 1 aromatic heterocycles. The van der Waals surface area contributed by atoms with E-state index in [0.717, 1.165) is 16.7 Å². The lowest BCUT2D eigenvalue weighted by Crippen LogP contribution is -2.33. The van der Waals surface area contributed by atoms with Gasteiger partial charge in [0.15, 0.2) is 0 Å². The zero-order valence-electron chi connectivity index (χ0n) is 18.8. The number of rotatable bonds is 7. The molecule has 180 valence electrons. The average molecular weight is 513 g/mol. The number of nitro groups is 1. The van der Waals surface area contributed by atoms with E-state index in [1.165, 1.54) is 7.11 Å². The second-order valence-corrected chi connectivity index (χ2v) is 9.01.